The maximum Gasteiger partial charge on any atom is 0.0852 e. The third kappa shape index (κ3) is 3.52. The SMILES string of the molecule is CNC(C)Cc1ccccc1S(=O)c1ccccc1. The van der Waals surface area contributed by atoms with Gasteiger partial charge in [0.25, 0.3) is 0 Å². The average Bonchev–Trinajstić information content (AvgIpc) is 2.48. The summed E-state index contributed by atoms with van der Waals surface area (Å²) in [6.07, 6.45) is 0.880. The van der Waals surface area contributed by atoms with E-state index < -0.39 is 10.8 Å². The maximum atomic E-state index is 12.6. The van der Waals surface area contributed by atoms with Crippen molar-refractivity contribution in [1.29, 1.82) is 0 Å². The molecule has 1 N–H and O–H groups in total. The van der Waals surface area contributed by atoms with Gasteiger partial charge in [-0.05, 0) is 44.2 Å². The molecule has 0 saturated carbocycles. The fourth-order valence-corrected chi connectivity index (χ4v) is 3.21. The zero-order chi connectivity index (χ0) is 13.7. The summed E-state index contributed by atoms with van der Waals surface area (Å²) in [6, 6.07) is 17.9. The van der Waals surface area contributed by atoms with Crippen LogP contribution in [0, 0.1) is 0 Å². The summed E-state index contributed by atoms with van der Waals surface area (Å²) in [5.74, 6) is 0. The van der Waals surface area contributed by atoms with Crippen LogP contribution in [0.5, 0.6) is 0 Å². The van der Waals surface area contributed by atoms with Crippen molar-refractivity contribution in [3.63, 3.8) is 0 Å². The highest BCUT2D eigenvalue weighted by molar-refractivity contribution is 7.85. The molecule has 0 aliphatic carbocycles. The Morgan fingerprint density at radius 2 is 1.68 bits per heavy atom. The van der Waals surface area contributed by atoms with Crippen LogP contribution in [0.4, 0.5) is 0 Å². The second-order valence-corrected chi connectivity index (χ2v) is 6.03. The van der Waals surface area contributed by atoms with Crippen LogP contribution in [0.3, 0.4) is 0 Å². The van der Waals surface area contributed by atoms with E-state index in [1.165, 1.54) is 0 Å². The lowest BCUT2D eigenvalue weighted by Crippen LogP contribution is -2.24. The molecular weight excluding hydrogens is 254 g/mol. The van der Waals surface area contributed by atoms with Crippen LogP contribution in [0.2, 0.25) is 0 Å². The van der Waals surface area contributed by atoms with Gasteiger partial charge in [-0.15, -0.1) is 0 Å². The second-order valence-electron chi connectivity index (χ2n) is 4.58. The molecule has 2 rings (SSSR count). The fraction of sp³-hybridized carbons (Fsp3) is 0.250. The highest BCUT2D eigenvalue weighted by atomic mass is 32.2. The first kappa shape index (κ1) is 14.0. The highest BCUT2D eigenvalue weighted by Crippen LogP contribution is 2.21. The third-order valence-electron chi connectivity index (χ3n) is 3.15. The molecule has 0 radical (unpaired) electrons. The lowest BCUT2D eigenvalue weighted by atomic mass is 10.1. The molecule has 100 valence electrons. The average molecular weight is 273 g/mol. The summed E-state index contributed by atoms with van der Waals surface area (Å²) >= 11 is 0. The number of rotatable bonds is 5. The van der Waals surface area contributed by atoms with E-state index in [2.05, 4.69) is 18.3 Å². The van der Waals surface area contributed by atoms with Crippen LogP contribution < -0.4 is 5.32 Å². The Hall–Kier alpha value is -1.45. The van der Waals surface area contributed by atoms with Crippen LogP contribution in [-0.2, 0) is 17.2 Å². The third-order valence-corrected chi connectivity index (χ3v) is 4.65. The second kappa shape index (κ2) is 6.64. The summed E-state index contributed by atoms with van der Waals surface area (Å²) in [4.78, 5) is 1.77. The quantitative estimate of drug-likeness (QED) is 0.907. The van der Waals surface area contributed by atoms with E-state index in [4.69, 9.17) is 0 Å². The lowest BCUT2D eigenvalue weighted by Gasteiger charge is -2.13. The molecule has 0 saturated heterocycles. The van der Waals surface area contributed by atoms with Gasteiger partial charge in [-0.2, -0.15) is 0 Å². The molecule has 0 bridgehead atoms. The Balaban J connectivity index is 2.32. The minimum Gasteiger partial charge on any atom is -0.317 e. The van der Waals surface area contributed by atoms with Crippen LogP contribution in [-0.4, -0.2) is 17.3 Å². The van der Waals surface area contributed by atoms with Gasteiger partial charge in [0.05, 0.1) is 10.8 Å². The Morgan fingerprint density at radius 1 is 1.05 bits per heavy atom. The van der Waals surface area contributed by atoms with Crippen LogP contribution >= 0.6 is 0 Å². The molecule has 0 amide bonds. The number of hydrogen-bond donors (Lipinski definition) is 1. The van der Waals surface area contributed by atoms with E-state index in [1.54, 1.807) is 0 Å². The van der Waals surface area contributed by atoms with Crippen molar-refractivity contribution >= 4 is 10.8 Å². The number of likely N-dealkylation sites (N-methyl/N-ethyl adjacent to an activating group) is 1. The van der Waals surface area contributed by atoms with Gasteiger partial charge in [-0.3, -0.25) is 0 Å². The number of nitrogens with one attached hydrogen (secondary N) is 1. The molecule has 0 heterocycles. The molecule has 0 fully saturated rings. The summed E-state index contributed by atoms with van der Waals surface area (Å²) in [6.45, 7) is 2.13. The van der Waals surface area contributed by atoms with Crippen molar-refractivity contribution in [2.45, 2.75) is 29.2 Å². The number of benzene rings is 2. The van der Waals surface area contributed by atoms with Crippen molar-refractivity contribution in [2.75, 3.05) is 7.05 Å². The Kier molecular flexibility index (Phi) is 4.88. The van der Waals surface area contributed by atoms with E-state index in [1.807, 2.05) is 55.6 Å². The molecule has 2 atom stereocenters. The van der Waals surface area contributed by atoms with Crippen molar-refractivity contribution < 1.29 is 4.21 Å². The van der Waals surface area contributed by atoms with Gasteiger partial charge in [0.2, 0.25) is 0 Å². The highest BCUT2D eigenvalue weighted by Gasteiger charge is 2.12. The summed E-state index contributed by atoms with van der Waals surface area (Å²) in [7, 11) is 0.841. The first-order valence-corrected chi connectivity index (χ1v) is 7.59. The van der Waals surface area contributed by atoms with Crippen LogP contribution in [0.1, 0.15) is 12.5 Å². The molecule has 2 aromatic carbocycles. The molecule has 0 aliphatic rings. The maximum absolute atomic E-state index is 12.6. The molecule has 2 nitrogen and oxygen atoms in total. The first-order chi connectivity index (χ1) is 9.22. The van der Waals surface area contributed by atoms with Crippen LogP contribution in [0.25, 0.3) is 0 Å². The standard InChI is InChI=1S/C16H19NOS/c1-13(17-2)12-14-8-6-7-11-16(14)19(18)15-9-4-3-5-10-15/h3-11,13,17H,12H2,1-2H3. The smallest absolute Gasteiger partial charge is 0.0852 e. The largest absolute Gasteiger partial charge is 0.317 e. The minimum absolute atomic E-state index is 0.369. The first-order valence-electron chi connectivity index (χ1n) is 6.44. The molecule has 3 heteroatoms. The Bertz CT molecular complexity index is 554. The molecule has 0 aliphatic heterocycles. The van der Waals surface area contributed by atoms with Gasteiger partial charge in [-0.25, -0.2) is 4.21 Å². The van der Waals surface area contributed by atoms with E-state index in [9.17, 15) is 4.21 Å². The Labute approximate surface area is 117 Å². The van der Waals surface area contributed by atoms with Gasteiger partial charge in [0.1, 0.15) is 0 Å². The van der Waals surface area contributed by atoms with Crippen LogP contribution in [0.15, 0.2) is 64.4 Å². The molecule has 19 heavy (non-hydrogen) atoms. The summed E-state index contributed by atoms with van der Waals surface area (Å²) in [5.41, 5.74) is 1.14. The molecule has 2 aromatic rings. The van der Waals surface area contributed by atoms with Gasteiger partial charge >= 0.3 is 0 Å². The van der Waals surface area contributed by atoms with Crippen molar-refractivity contribution in [2.24, 2.45) is 0 Å². The van der Waals surface area contributed by atoms with Gasteiger partial charge in [0, 0.05) is 15.8 Å². The van der Waals surface area contributed by atoms with Gasteiger partial charge in [-0.1, -0.05) is 36.4 Å². The van der Waals surface area contributed by atoms with E-state index in [-0.39, 0.29) is 0 Å². The molecule has 0 spiro atoms. The normalized spacial score (nSPS) is 14.0. The van der Waals surface area contributed by atoms with Gasteiger partial charge in [0.15, 0.2) is 0 Å². The Morgan fingerprint density at radius 3 is 2.37 bits per heavy atom. The van der Waals surface area contributed by atoms with E-state index >= 15 is 0 Å². The fourth-order valence-electron chi connectivity index (χ4n) is 1.96. The van der Waals surface area contributed by atoms with Crippen molar-refractivity contribution in [3.8, 4) is 0 Å². The van der Waals surface area contributed by atoms with E-state index in [0.29, 0.717) is 6.04 Å². The predicted molar refractivity (Wildman–Crippen MR) is 79.8 cm³/mol. The topological polar surface area (TPSA) is 29.1 Å². The molecular formula is C16H19NOS. The summed E-state index contributed by atoms with van der Waals surface area (Å²) < 4.78 is 12.6. The summed E-state index contributed by atoms with van der Waals surface area (Å²) in [5, 5.41) is 3.22. The lowest BCUT2D eigenvalue weighted by molar-refractivity contribution is 0.603. The van der Waals surface area contributed by atoms with E-state index in [0.717, 1.165) is 21.8 Å². The molecule has 2 unspecified atom stereocenters. The predicted octanol–water partition coefficient (Wildman–Crippen LogP) is 3.00. The number of hydrogen-bond acceptors (Lipinski definition) is 2. The monoisotopic (exact) mass is 273 g/mol. The molecule has 0 aromatic heterocycles. The van der Waals surface area contributed by atoms with Gasteiger partial charge < -0.3 is 5.32 Å². The van der Waals surface area contributed by atoms with Crippen molar-refractivity contribution in [1.82, 2.24) is 5.32 Å². The minimum atomic E-state index is -1.10. The van der Waals surface area contributed by atoms with Crippen molar-refractivity contribution in [3.05, 3.63) is 60.2 Å². The zero-order valence-corrected chi connectivity index (χ0v) is 12.1. The zero-order valence-electron chi connectivity index (χ0n) is 11.3.